The monoisotopic (exact) mass is 159 g/mol. The lowest BCUT2D eigenvalue weighted by Crippen LogP contribution is -2.25. The van der Waals surface area contributed by atoms with Crippen molar-refractivity contribution in [2.45, 2.75) is 20.8 Å². The Bertz CT molecular complexity index is 100. The van der Waals surface area contributed by atoms with E-state index in [1.165, 1.54) is 6.92 Å². The summed E-state index contributed by atoms with van der Waals surface area (Å²) < 4.78 is 0. The van der Waals surface area contributed by atoms with Crippen molar-refractivity contribution in [3.05, 3.63) is 13.2 Å². The van der Waals surface area contributed by atoms with E-state index < -0.39 is 0 Å². The van der Waals surface area contributed by atoms with Gasteiger partial charge >= 0.3 is 5.97 Å². The minimum Gasteiger partial charge on any atom is -0.368 e. The second-order valence-corrected chi connectivity index (χ2v) is 1.70. The highest BCUT2D eigenvalue weighted by Crippen LogP contribution is 1.87. The molecular formula is C8H17NO2. The quantitative estimate of drug-likeness (QED) is 0.463. The number of hydrogen-bond donors (Lipinski definition) is 0. The first-order valence-corrected chi connectivity index (χ1v) is 3.64. The molecule has 0 heterocycles. The van der Waals surface area contributed by atoms with Crippen LogP contribution in [0.2, 0.25) is 0 Å². The second-order valence-electron chi connectivity index (χ2n) is 1.70. The Hall–Kier alpha value is -0.830. The van der Waals surface area contributed by atoms with Crippen LogP contribution in [0, 0.1) is 0 Å². The van der Waals surface area contributed by atoms with E-state index >= 15 is 0 Å². The van der Waals surface area contributed by atoms with E-state index in [0.717, 1.165) is 13.1 Å². The summed E-state index contributed by atoms with van der Waals surface area (Å²) in [4.78, 5) is 15.1. The van der Waals surface area contributed by atoms with Gasteiger partial charge in [0.1, 0.15) is 0 Å². The van der Waals surface area contributed by atoms with Crippen molar-refractivity contribution in [1.82, 2.24) is 5.06 Å². The third-order valence-electron chi connectivity index (χ3n) is 0.963. The maximum Gasteiger partial charge on any atom is 0.322 e. The molecule has 0 aromatic rings. The smallest absolute Gasteiger partial charge is 0.322 e. The summed E-state index contributed by atoms with van der Waals surface area (Å²) >= 11 is 0. The van der Waals surface area contributed by atoms with Crippen molar-refractivity contribution < 1.29 is 9.63 Å². The SMILES string of the molecule is C=C.CCN(CC)OC(C)=O. The lowest BCUT2D eigenvalue weighted by molar-refractivity contribution is -0.185. The lowest BCUT2D eigenvalue weighted by atomic mass is 10.6. The van der Waals surface area contributed by atoms with Crippen LogP contribution in [0.5, 0.6) is 0 Å². The molecule has 0 amide bonds. The van der Waals surface area contributed by atoms with Gasteiger partial charge in [0, 0.05) is 20.0 Å². The molecule has 0 atom stereocenters. The van der Waals surface area contributed by atoms with Gasteiger partial charge in [-0.2, -0.15) is 0 Å². The molecule has 0 fully saturated rings. The number of hydrogen-bond acceptors (Lipinski definition) is 3. The average Bonchev–Trinajstić information content (AvgIpc) is 2.03. The largest absolute Gasteiger partial charge is 0.368 e. The van der Waals surface area contributed by atoms with Crippen molar-refractivity contribution in [3.8, 4) is 0 Å². The summed E-state index contributed by atoms with van der Waals surface area (Å²) in [5.74, 6) is -0.251. The van der Waals surface area contributed by atoms with Gasteiger partial charge in [0.05, 0.1) is 0 Å². The summed E-state index contributed by atoms with van der Waals surface area (Å²) in [6.07, 6.45) is 0. The molecule has 0 spiro atoms. The van der Waals surface area contributed by atoms with Crippen LogP contribution < -0.4 is 0 Å². The van der Waals surface area contributed by atoms with Crippen LogP contribution in [0.3, 0.4) is 0 Å². The Morgan fingerprint density at radius 2 is 1.73 bits per heavy atom. The van der Waals surface area contributed by atoms with Gasteiger partial charge in [-0.15, -0.1) is 18.2 Å². The van der Waals surface area contributed by atoms with Gasteiger partial charge < -0.3 is 4.84 Å². The fourth-order valence-electron chi connectivity index (χ4n) is 0.535. The van der Waals surface area contributed by atoms with Gasteiger partial charge in [0.2, 0.25) is 0 Å². The normalized spacial score (nSPS) is 8.36. The van der Waals surface area contributed by atoms with Crippen LogP contribution in [-0.4, -0.2) is 24.1 Å². The van der Waals surface area contributed by atoms with E-state index in [9.17, 15) is 4.79 Å². The molecule has 0 bridgehead atoms. The molecule has 3 nitrogen and oxygen atoms in total. The molecule has 0 unspecified atom stereocenters. The maximum absolute atomic E-state index is 10.3. The molecule has 0 aliphatic carbocycles. The zero-order valence-corrected chi connectivity index (χ0v) is 7.59. The van der Waals surface area contributed by atoms with Crippen molar-refractivity contribution in [2.24, 2.45) is 0 Å². The maximum atomic E-state index is 10.3. The standard InChI is InChI=1S/C6H13NO2.C2H4/c1-4-7(5-2)9-6(3)8;1-2/h4-5H2,1-3H3;1-2H2. The number of nitrogens with zero attached hydrogens (tertiary/aromatic N) is 1. The molecule has 0 N–H and O–H groups in total. The molecule has 0 aliphatic rings. The molecule has 0 saturated carbocycles. The third-order valence-corrected chi connectivity index (χ3v) is 0.963. The highest BCUT2D eigenvalue weighted by Gasteiger charge is 2.00. The molecule has 66 valence electrons. The molecule has 0 aliphatic heterocycles. The summed E-state index contributed by atoms with van der Waals surface area (Å²) in [6, 6.07) is 0. The minimum atomic E-state index is -0.251. The highest BCUT2D eigenvalue weighted by atomic mass is 16.7. The van der Waals surface area contributed by atoms with Crippen LogP contribution in [0.4, 0.5) is 0 Å². The summed E-state index contributed by atoms with van der Waals surface area (Å²) in [7, 11) is 0. The van der Waals surface area contributed by atoms with E-state index in [0.29, 0.717) is 0 Å². The Kier molecular flexibility index (Phi) is 10.7. The number of hydroxylamine groups is 2. The first kappa shape index (κ1) is 12.8. The van der Waals surface area contributed by atoms with Gasteiger partial charge in [0.25, 0.3) is 0 Å². The van der Waals surface area contributed by atoms with E-state index in [4.69, 9.17) is 4.84 Å². The van der Waals surface area contributed by atoms with Gasteiger partial charge in [-0.3, -0.25) is 4.79 Å². The molecule has 0 saturated heterocycles. The van der Waals surface area contributed by atoms with E-state index in [2.05, 4.69) is 13.2 Å². The Balaban J connectivity index is 0. The molecule has 11 heavy (non-hydrogen) atoms. The molecular weight excluding hydrogens is 142 g/mol. The van der Waals surface area contributed by atoms with E-state index in [-0.39, 0.29) is 5.97 Å². The predicted molar refractivity (Wildman–Crippen MR) is 45.9 cm³/mol. The average molecular weight is 159 g/mol. The van der Waals surface area contributed by atoms with Crippen molar-refractivity contribution in [1.29, 1.82) is 0 Å². The van der Waals surface area contributed by atoms with Crippen LogP contribution in [0.25, 0.3) is 0 Å². The lowest BCUT2D eigenvalue weighted by Gasteiger charge is -2.15. The zero-order valence-electron chi connectivity index (χ0n) is 7.59. The van der Waals surface area contributed by atoms with Crippen LogP contribution in [-0.2, 0) is 9.63 Å². The fraction of sp³-hybridized carbons (Fsp3) is 0.625. The van der Waals surface area contributed by atoms with Gasteiger partial charge in [-0.25, -0.2) is 0 Å². The Labute approximate surface area is 68.6 Å². The summed E-state index contributed by atoms with van der Waals surface area (Å²) in [5.41, 5.74) is 0. The summed E-state index contributed by atoms with van der Waals surface area (Å²) in [5, 5.41) is 1.60. The first-order valence-electron chi connectivity index (χ1n) is 3.64. The molecule has 0 aromatic heterocycles. The van der Waals surface area contributed by atoms with Gasteiger partial charge in [-0.1, -0.05) is 0 Å². The predicted octanol–water partition coefficient (Wildman–Crippen LogP) is 1.61. The first-order chi connectivity index (χ1) is 5.20. The van der Waals surface area contributed by atoms with E-state index in [1.54, 1.807) is 5.06 Å². The molecule has 0 aromatic carbocycles. The van der Waals surface area contributed by atoms with Crippen molar-refractivity contribution >= 4 is 5.97 Å². The molecule has 3 heteroatoms. The van der Waals surface area contributed by atoms with Crippen LogP contribution in [0.1, 0.15) is 20.8 Å². The topological polar surface area (TPSA) is 29.5 Å². The summed E-state index contributed by atoms with van der Waals surface area (Å²) in [6.45, 7) is 12.8. The Morgan fingerprint density at radius 3 is 1.82 bits per heavy atom. The van der Waals surface area contributed by atoms with Gasteiger partial charge in [0.15, 0.2) is 0 Å². The van der Waals surface area contributed by atoms with Crippen molar-refractivity contribution in [3.63, 3.8) is 0 Å². The van der Waals surface area contributed by atoms with E-state index in [1.807, 2.05) is 13.8 Å². The number of rotatable bonds is 3. The fourth-order valence-corrected chi connectivity index (χ4v) is 0.535. The van der Waals surface area contributed by atoms with Gasteiger partial charge in [-0.05, 0) is 13.8 Å². The second kappa shape index (κ2) is 9.17. The highest BCUT2D eigenvalue weighted by molar-refractivity contribution is 5.65. The molecule has 0 radical (unpaired) electrons. The number of carbonyl (C=O) groups is 1. The minimum absolute atomic E-state index is 0.251. The number of carbonyl (C=O) groups excluding carboxylic acids is 1. The zero-order chi connectivity index (χ0) is 9.28. The Morgan fingerprint density at radius 1 is 1.36 bits per heavy atom. The van der Waals surface area contributed by atoms with Crippen LogP contribution >= 0.6 is 0 Å². The molecule has 0 rings (SSSR count). The third kappa shape index (κ3) is 9.17. The van der Waals surface area contributed by atoms with Crippen molar-refractivity contribution in [2.75, 3.05) is 13.1 Å². The van der Waals surface area contributed by atoms with Crippen LogP contribution in [0.15, 0.2) is 13.2 Å².